The first kappa shape index (κ1) is 14.7. The molecule has 0 aromatic carbocycles. The number of aromatic carboxylic acids is 1. The Balaban J connectivity index is 2.31. The lowest BCUT2D eigenvalue weighted by molar-refractivity contribution is 0.0690. The van der Waals surface area contributed by atoms with E-state index < -0.39 is 11.7 Å². The van der Waals surface area contributed by atoms with Crippen LogP contribution in [0.15, 0.2) is 9.82 Å². The highest BCUT2D eigenvalue weighted by Crippen LogP contribution is 2.23. The Hall–Kier alpha value is -2.69. The lowest BCUT2D eigenvalue weighted by atomic mass is 10.2. The van der Waals surface area contributed by atoms with E-state index in [1.54, 1.807) is 0 Å². The Morgan fingerprint density at radius 1 is 1.24 bits per heavy atom. The van der Waals surface area contributed by atoms with Crippen LogP contribution in [0.1, 0.15) is 21.9 Å². The molecule has 2 heterocycles. The van der Waals surface area contributed by atoms with Crippen molar-refractivity contribution >= 4 is 29.6 Å². The van der Waals surface area contributed by atoms with E-state index in [0.29, 0.717) is 0 Å². The Kier molecular flexibility index (Phi) is 4.03. The Morgan fingerprint density at radius 2 is 1.86 bits per heavy atom. The summed E-state index contributed by atoms with van der Waals surface area (Å²) in [6.07, 6.45) is 0. The molecule has 0 amide bonds. The van der Waals surface area contributed by atoms with Crippen molar-refractivity contribution in [3.63, 3.8) is 0 Å². The van der Waals surface area contributed by atoms with Gasteiger partial charge in [0.05, 0.1) is 5.75 Å². The largest absolute Gasteiger partial charge is 0.478 e. The second-order valence-corrected chi connectivity index (χ2v) is 4.87. The van der Waals surface area contributed by atoms with E-state index in [0.717, 1.165) is 11.8 Å². The Morgan fingerprint density at radius 3 is 2.43 bits per heavy atom. The Labute approximate surface area is 122 Å². The standard InChI is InChI=1S/C10H11N7O3S/c1-3-5(7(18)19)6(16-10(20)13-3)21-2-4-14-8(11)17-9(12)15-4/h2H2,1H3,(H,18,19)(H,13,16,20)(H4,11,12,14,15,17). The maximum absolute atomic E-state index is 11.4. The second-order valence-electron chi connectivity index (χ2n) is 3.91. The van der Waals surface area contributed by atoms with Crippen molar-refractivity contribution in [1.29, 1.82) is 0 Å². The van der Waals surface area contributed by atoms with Crippen molar-refractivity contribution in [2.75, 3.05) is 11.5 Å². The summed E-state index contributed by atoms with van der Waals surface area (Å²) in [4.78, 5) is 39.9. The van der Waals surface area contributed by atoms with Crippen LogP contribution in [0, 0.1) is 6.92 Å². The molecule has 0 aliphatic heterocycles. The minimum atomic E-state index is -1.19. The van der Waals surface area contributed by atoms with Crippen LogP contribution in [0.5, 0.6) is 0 Å². The van der Waals surface area contributed by atoms with Crippen LogP contribution >= 0.6 is 11.8 Å². The number of H-pyrrole nitrogens is 1. The van der Waals surface area contributed by atoms with Gasteiger partial charge in [0.15, 0.2) is 0 Å². The van der Waals surface area contributed by atoms with Crippen molar-refractivity contribution in [3.05, 3.63) is 27.6 Å². The second kappa shape index (κ2) is 5.75. The van der Waals surface area contributed by atoms with Crippen LogP contribution in [0.3, 0.4) is 0 Å². The highest BCUT2D eigenvalue weighted by atomic mass is 32.2. The third kappa shape index (κ3) is 3.45. The van der Waals surface area contributed by atoms with Crippen molar-refractivity contribution in [2.24, 2.45) is 0 Å². The number of rotatable bonds is 4. The molecule has 10 nitrogen and oxygen atoms in total. The molecule has 2 aromatic rings. The van der Waals surface area contributed by atoms with Gasteiger partial charge in [0.1, 0.15) is 16.4 Å². The molecular formula is C10H11N7O3S. The predicted molar refractivity (Wildman–Crippen MR) is 74.8 cm³/mol. The SMILES string of the molecule is Cc1[nH]c(=O)nc(SCc2nc(N)nc(N)n2)c1C(=O)O. The van der Waals surface area contributed by atoms with Gasteiger partial charge in [-0.3, -0.25) is 0 Å². The van der Waals surface area contributed by atoms with Crippen molar-refractivity contribution in [2.45, 2.75) is 17.7 Å². The fourth-order valence-corrected chi connectivity index (χ4v) is 2.50. The smallest absolute Gasteiger partial charge is 0.346 e. The average molecular weight is 309 g/mol. The lowest BCUT2D eigenvalue weighted by Gasteiger charge is -2.06. The van der Waals surface area contributed by atoms with Gasteiger partial charge in [-0.15, -0.1) is 0 Å². The van der Waals surface area contributed by atoms with Gasteiger partial charge >= 0.3 is 11.7 Å². The zero-order chi connectivity index (χ0) is 15.6. The van der Waals surface area contributed by atoms with Crippen LogP contribution in [0.4, 0.5) is 11.9 Å². The number of anilines is 2. The number of carbonyl (C=O) groups is 1. The molecule has 0 saturated carbocycles. The van der Waals surface area contributed by atoms with Crippen LogP contribution in [-0.2, 0) is 5.75 Å². The molecule has 0 atom stereocenters. The van der Waals surface area contributed by atoms with E-state index in [1.807, 2.05) is 0 Å². The molecule has 0 spiro atoms. The molecule has 0 unspecified atom stereocenters. The van der Waals surface area contributed by atoms with Gasteiger partial charge in [0.25, 0.3) is 0 Å². The lowest BCUT2D eigenvalue weighted by Crippen LogP contribution is -2.18. The molecule has 11 heteroatoms. The topological polar surface area (TPSA) is 174 Å². The molecule has 0 aliphatic rings. The first-order chi connectivity index (χ1) is 9.86. The van der Waals surface area contributed by atoms with Gasteiger partial charge in [-0.1, -0.05) is 11.8 Å². The van der Waals surface area contributed by atoms with E-state index >= 15 is 0 Å². The summed E-state index contributed by atoms with van der Waals surface area (Å²) < 4.78 is 0. The summed E-state index contributed by atoms with van der Waals surface area (Å²) in [5.41, 5.74) is 10.4. The molecule has 6 N–H and O–H groups in total. The molecule has 0 radical (unpaired) electrons. The molecule has 0 saturated heterocycles. The van der Waals surface area contributed by atoms with Gasteiger partial charge in [-0.2, -0.15) is 19.9 Å². The highest BCUT2D eigenvalue weighted by molar-refractivity contribution is 7.98. The molecule has 0 fully saturated rings. The van der Waals surface area contributed by atoms with Crippen LogP contribution in [0.25, 0.3) is 0 Å². The summed E-state index contributed by atoms with van der Waals surface area (Å²) >= 11 is 0.998. The molecule has 2 aromatic heterocycles. The van der Waals surface area contributed by atoms with Crippen molar-refractivity contribution in [1.82, 2.24) is 24.9 Å². The van der Waals surface area contributed by atoms with E-state index in [9.17, 15) is 9.59 Å². The Bertz CT molecular complexity index is 741. The summed E-state index contributed by atoms with van der Waals surface area (Å²) in [6.45, 7) is 1.48. The number of aryl methyl sites for hydroxylation is 1. The molecular weight excluding hydrogens is 298 g/mol. The van der Waals surface area contributed by atoms with Crippen LogP contribution in [0.2, 0.25) is 0 Å². The number of aromatic amines is 1. The number of hydrogen-bond acceptors (Lipinski definition) is 9. The number of nitrogens with two attached hydrogens (primary N) is 2. The monoisotopic (exact) mass is 309 g/mol. The van der Waals surface area contributed by atoms with Gasteiger partial charge in [-0.05, 0) is 6.92 Å². The normalized spacial score (nSPS) is 10.5. The minimum absolute atomic E-state index is 0.0355. The first-order valence-corrected chi connectivity index (χ1v) is 6.58. The quantitative estimate of drug-likeness (QED) is 0.422. The first-order valence-electron chi connectivity index (χ1n) is 5.59. The number of carboxylic acid groups (broad SMARTS) is 1. The van der Waals surface area contributed by atoms with E-state index in [-0.39, 0.29) is 39.8 Å². The maximum atomic E-state index is 11.4. The number of nitrogens with zero attached hydrogens (tertiary/aromatic N) is 4. The number of aromatic nitrogens is 5. The van der Waals surface area contributed by atoms with Crippen LogP contribution < -0.4 is 17.2 Å². The van der Waals surface area contributed by atoms with Crippen molar-refractivity contribution < 1.29 is 9.90 Å². The van der Waals surface area contributed by atoms with Crippen LogP contribution in [-0.4, -0.2) is 36.0 Å². The van der Waals surface area contributed by atoms with Crippen molar-refractivity contribution in [3.8, 4) is 0 Å². The number of carboxylic acids is 1. The zero-order valence-corrected chi connectivity index (χ0v) is 11.6. The zero-order valence-electron chi connectivity index (χ0n) is 10.8. The van der Waals surface area contributed by atoms with E-state index in [1.165, 1.54) is 6.92 Å². The van der Waals surface area contributed by atoms with Gasteiger partial charge in [0, 0.05) is 5.69 Å². The van der Waals surface area contributed by atoms with Gasteiger partial charge in [0.2, 0.25) is 11.9 Å². The highest BCUT2D eigenvalue weighted by Gasteiger charge is 2.17. The number of nitrogen functional groups attached to an aromatic ring is 2. The average Bonchev–Trinajstić information content (AvgIpc) is 2.33. The predicted octanol–water partition coefficient (Wildman–Crippen LogP) is -0.582. The van der Waals surface area contributed by atoms with Gasteiger partial charge in [-0.25, -0.2) is 9.59 Å². The summed E-state index contributed by atoms with van der Waals surface area (Å²) in [5.74, 6) is -0.847. The number of nitrogens with one attached hydrogen (secondary N) is 1. The molecule has 0 aliphatic carbocycles. The molecule has 21 heavy (non-hydrogen) atoms. The summed E-state index contributed by atoms with van der Waals surface area (Å²) in [6, 6.07) is 0. The number of thioether (sulfide) groups is 1. The fourth-order valence-electron chi connectivity index (χ4n) is 1.57. The maximum Gasteiger partial charge on any atom is 0.346 e. The third-order valence-electron chi connectivity index (χ3n) is 2.35. The summed E-state index contributed by atoms with van der Waals surface area (Å²) in [5, 5.41) is 9.24. The molecule has 110 valence electrons. The van der Waals surface area contributed by atoms with Gasteiger partial charge < -0.3 is 21.6 Å². The molecule has 0 bridgehead atoms. The molecule has 2 rings (SSSR count). The van der Waals surface area contributed by atoms with E-state index in [2.05, 4.69) is 24.9 Å². The minimum Gasteiger partial charge on any atom is -0.478 e. The third-order valence-corrected chi connectivity index (χ3v) is 3.33. The summed E-state index contributed by atoms with van der Waals surface area (Å²) in [7, 11) is 0. The van der Waals surface area contributed by atoms with E-state index in [4.69, 9.17) is 16.6 Å². The fraction of sp³-hybridized carbons (Fsp3) is 0.200. The number of hydrogen-bond donors (Lipinski definition) is 4.